The molecule has 2 rings (SSSR count). The summed E-state index contributed by atoms with van der Waals surface area (Å²) in [7, 11) is 1.62. The molecule has 0 saturated heterocycles. The van der Waals surface area contributed by atoms with Gasteiger partial charge in [-0.3, -0.25) is 4.18 Å². The molecule has 1 aromatic carbocycles. The Balaban J connectivity index is 2.46. The van der Waals surface area contributed by atoms with Crippen molar-refractivity contribution in [3.63, 3.8) is 0 Å². The fraction of sp³-hybridized carbons (Fsp3) is 0.333. The van der Waals surface area contributed by atoms with Gasteiger partial charge in [0.15, 0.2) is 11.1 Å². The van der Waals surface area contributed by atoms with Gasteiger partial charge in [-0.25, -0.2) is 4.21 Å². The Morgan fingerprint density at radius 2 is 2.38 bits per heavy atom. The first-order valence-electron chi connectivity index (χ1n) is 3.97. The summed E-state index contributed by atoms with van der Waals surface area (Å²) in [4.78, 5) is 0. The van der Waals surface area contributed by atoms with Gasteiger partial charge in [0.25, 0.3) is 0 Å². The number of ether oxygens (including phenoxy) is 1. The van der Waals surface area contributed by atoms with Gasteiger partial charge >= 0.3 is 0 Å². The molecule has 1 unspecified atom stereocenters. The lowest BCUT2D eigenvalue weighted by Crippen LogP contribution is -2.11. The average molecular weight is 198 g/mol. The largest absolute Gasteiger partial charge is 0.496 e. The van der Waals surface area contributed by atoms with E-state index in [0.717, 1.165) is 16.9 Å². The van der Waals surface area contributed by atoms with Gasteiger partial charge in [-0.2, -0.15) is 0 Å². The molecular formula is C9H10O3S. The van der Waals surface area contributed by atoms with Crippen LogP contribution in [0.15, 0.2) is 18.2 Å². The molecule has 4 heteroatoms. The number of methoxy groups -OCH3 is 1. The third-order valence-electron chi connectivity index (χ3n) is 2.06. The minimum atomic E-state index is -1.19. The van der Waals surface area contributed by atoms with Crippen LogP contribution in [0, 0.1) is 0 Å². The Hall–Kier alpha value is -0.870. The van der Waals surface area contributed by atoms with Crippen LogP contribution >= 0.6 is 0 Å². The molecule has 0 aliphatic carbocycles. The second-order valence-electron chi connectivity index (χ2n) is 2.81. The molecule has 1 heterocycles. The quantitative estimate of drug-likeness (QED) is 0.684. The Labute approximate surface area is 79.3 Å². The minimum absolute atomic E-state index is 0.416. The van der Waals surface area contributed by atoms with E-state index in [0.29, 0.717) is 12.4 Å². The maximum absolute atomic E-state index is 11.1. The van der Waals surface area contributed by atoms with Crippen molar-refractivity contribution in [1.82, 2.24) is 0 Å². The number of hydrogen-bond donors (Lipinski definition) is 0. The summed E-state index contributed by atoms with van der Waals surface area (Å²) in [6.07, 6.45) is 0. The second kappa shape index (κ2) is 3.47. The molecule has 3 nitrogen and oxygen atoms in total. The first-order chi connectivity index (χ1) is 6.31. The van der Waals surface area contributed by atoms with Crippen molar-refractivity contribution in [2.45, 2.75) is 12.4 Å². The minimum Gasteiger partial charge on any atom is -0.496 e. The number of fused-ring (bicyclic) bond motifs is 1. The topological polar surface area (TPSA) is 35.5 Å². The van der Waals surface area contributed by atoms with E-state index in [1.165, 1.54) is 0 Å². The van der Waals surface area contributed by atoms with Crippen molar-refractivity contribution >= 4 is 11.1 Å². The van der Waals surface area contributed by atoms with Crippen molar-refractivity contribution in [1.29, 1.82) is 0 Å². The van der Waals surface area contributed by atoms with Crippen LogP contribution in [-0.4, -0.2) is 11.3 Å². The highest BCUT2D eigenvalue weighted by Crippen LogP contribution is 2.28. The van der Waals surface area contributed by atoms with Gasteiger partial charge in [0.2, 0.25) is 0 Å². The van der Waals surface area contributed by atoms with Crippen molar-refractivity contribution in [3.8, 4) is 5.75 Å². The summed E-state index contributed by atoms with van der Waals surface area (Å²) in [5, 5.41) is 0. The molecule has 70 valence electrons. The van der Waals surface area contributed by atoms with Crippen LogP contribution < -0.4 is 4.74 Å². The van der Waals surface area contributed by atoms with Crippen molar-refractivity contribution < 1.29 is 13.1 Å². The van der Waals surface area contributed by atoms with Gasteiger partial charge in [0.05, 0.1) is 19.5 Å². The molecule has 0 spiro atoms. The fourth-order valence-electron chi connectivity index (χ4n) is 1.39. The predicted octanol–water partition coefficient (Wildman–Crippen LogP) is 1.39. The summed E-state index contributed by atoms with van der Waals surface area (Å²) < 4.78 is 21.3. The van der Waals surface area contributed by atoms with Crippen molar-refractivity contribution in [2.24, 2.45) is 0 Å². The summed E-state index contributed by atoms with van der Waals surface area (Å²) in [6, 6.07) is 5.75. The molecule has 1 aromatic rings. The third kappa shape index (κ3) is 1.59. The Kier molecular flexibility index (Phi) is 2.33. The predicted molar refractivity (Wildman–Crippen MR) is 49.6 cm³/mol. The molecule has 0 N–H and O–H groups in total. The van der Waals surface area contributed by atoms with Gasteiger partial charge in [0.1, 0.15) is 5.75 Å². The lowest BCUT2D eigenvalue weighted by Gasteiger charge is -2.17. The first kappa shape index (κ1) is 8.72. The highest BCUT2D eigenvalue weighted by molar-refractivity contribution is 7.79. The molecular weight excluding hydrogens is 188 g/mol. The zero-order chi connectivity index (χ0) is 9.26. The van der Waals surface area contributed by atoms with E-state index in [1.54, 1.807) is 7.11 Å². The van der Waals surface area contributed by atoms with Crippen LogP contribution in [0.2, 0.25) is 0 Å². The lowest BCUT2D eigenvalue weighted by molar-refractivity contribution is 0.323. The number of benzene rings is 1. The van der Waals surface area contributed by atoms with Crippen LogP contribution in [0.1, 0.15) is 11.1 Å². The number of hydrogen-bond acceptors (Lipinski definition) is 3. The van der Waals surface area contributed by atoms with E-state index in [2.05, 4.69) is 0 Å². The molecule has 1 atom stereocenters. The molecule has 1 aliphatic heterocycles. The maximum atomic E-state index is 11.1. The van der Waals surface area contributed by atoms with Gasteiger partial charge in [-0.1, -0.05) is 12.1 Å². The molecule has 0 fully saturated rings. The number of rotatable bonds is 1. The van der Waals surface area contributed by atoms with E-state index in [9.17, 15) is 4.21 Å². The van der Waals surface area contributed by atoms with Crippen molar-refractivity contribution in [2.75, 3.05) is 7.11 Å². The molecule has 0 bridgehead atoms. The summed E-state index contributed by atoms with van der Waals surface area (Å²) in [5.41, 5.74) is 2.08. The molecule has 1 aliphatic rings. The Bertz CT molecular complexity index is 334. The van der Waals surface area contributed by atoms with Gasteiger partial charge in [-0.15, -0.1) is 0 Å². The average Bonchev–Trinajstić information content (AvgIpc) is 2.17. The smallest absolute Gasteiger partial charge is 0.160 e. The van der Waals surface area contributed by atoms with E-state index in [4.69, 9.17) is 8.92 Å². The van der Waals surface area contributed by atoms with Crippen LogP contribution in [-0.2, 0) is 27.6 Å². The molecule has 0 saturated carbocycles. The molecule has 0 amide bonds. The summed E-state index contributed by atoms with van der Waals surface area (Å²) in [5.74, 6) is 1.23. The maximum Gasteiger partial charge on any atom is 0.160 e. The third-order valence-corrected chi connectivity index (χ3v) is 2.96. The Morgan fingerprint density at radius 3 is 3.15 bits per heavy atom. The zero-order valence-corrected chi connectivity index (χ0v) is 8.10. The van der Waals surface area contributed by atoms with Gasteiger partial charge in [-0.05, 0) is 11.6 Å². The van der Waals surface area contributed by atoms with E-state index < -0.39 is 11.1 Å². The highest BCUT2D eigenvalue weighted by Gasteiger charge is 2.18. The van der Waals surface area contributed by atoms with Crippen LogP contribution in [0.4, 0.5) is 0 Å². The first-order valence-corrected chi connectivity index (χ1v) is 5.22. The molecule has 13 heavy (non-hydrogen) atoms. The zero-order valence-electron chi connectivity index (χ0n) is 7.28. The molecule has 0 radical (unpaired) electrons. The van der Waals surface area contributed by atoms with Crippen LogP contribution in [0.3, 0.4) is 0 Å². The van der Waals surface area contributed by atoms with E-state index >= 15 is 0 Å². The van der Waals surface area contributed by atoms with Gasteiger partial charge < -0.3 is 4.74 Å². The van der Waals surface area contributed by atoms with E-state index in [-0.39, 0.29) is 0 Å². The van der Waals surface area contributed by atoms with Crippen LogP contribution in [0.25, 0.3) is 0 Å². The van der Waals surface area contributed by atoms with Crippen molar-refractivity contribution in [3.05, 3.63) is 29.3 Å². The highest BCUT2D eigenvalue weighted by atomic mass is 32.2. The monoisotopic (exact) mass is 198 g/mol. The second-order valence-corrected chi connectivity index (χ2v) is 3.94. The van der Waals surface area contributed by atoms with E-state index in [1.807, 2.05) is 18.2 Å². The normalized spacial score (nSPS) is 20.8. The standard InChI is InChI=1S/C9H10O3S/c1-11-9-4-2-3-7-5-12-13(10)6-8(7)9/h2-4H,5-6H2,1H3. The summed E-state index contributed by atoms with van der Waals surface area (Å²) >= 11 is -1.19. The van der Waals surface area contributed by atoms with Crippen LogP contribution in [0.5, 0.6) is 5.75 Å². The SMILES string of the molecule is COc1cccc2c1CS(=O)OC2. The van der Waals surface area contributed by atoms with Gasteiger partial charge in [0, 0.05) is 5.56 Å². The molecule has 0 aromatic heterocycles. The summed E-state index contributed by atoms with van der Waals surface area (Å²) in [6.45, 7) is 0.416. The fourth-order valence-corrected chi connectivity index (χ4v) is 2.30. The lowest BCUT2D eigenvalue weighted by atomic mass is 10.1. The Morgan fingerprint density at radius 1 is 1.54 bits per heavy atom.